The highest BCUT2D eigenvalue weighted by molar-refractivity contribution is 6.55. The van der Waals surface area contributed by atoms with E-state index >= 15 is 0 Å². The summed E-state index contributed by atoms with van der Waals surface area (Å²) in [4.78, 5) is 12.2. The fourth-order valence-corrected chi connectivity index (χ4v) is 2.98. The summed E-state index contributed by atoms with van der Waals surface area (Å²) in [7, 11) is 0. The van der Waals surface area contributed by atoms with Gasteiger partial charge >= 0.3 is 0 Å². The van der Waals surface area contributed by atoms with E-state index in [0.717, 1.165) is 6.42 Å². The van der Waals surface area contributed by atoms with Gasteiger partial charge in [-0.1, -0.05) is 67.4 Å². The van der Waals surface area contributed by atoms with Gasteiger partial charge in [0.1, 0.15) is 4.49 Å². The molecule has 1 saturated carbocycles. The van der Waals surface area contributed by atoms with E-state index in [1.807, 2.05) is 18.2 Å². The molecular weight excluding hydrogens is 293 g/mol. The van der Waals surface area contributed by atoms with Crippen molar-refractivity contribution in [1.29, 1.82) is 0 Å². The molecule has 2 atom stereocenters. The quantitative estimate of drug-likeness (QED) is 0.877. The largest absolute Gasteiger partial charge is 0.355 e. The van der Waals surface area contributed by atoms with Crippen molar-refractivity contribution in [3.63, 3.8) is 0 Å². The summed E-state index contributed by atoms with van der Waals surface area (Å²) in [6, 6.07) is 10.1. The molecule has 0 aromatic heterocycles. The highest BCUT2D eigenvalue weighted by Crippen LogP contribution is 2.59. The molecule has 2 rings (SSSR count). The predicted molar refractivity (Wildman–Crippen MR) is 83.7 cm³/mol. The molecule has 0 spiro atoms. The van der Waals surface area contributed by atoms with Crippen molar-refractivity contribution >= 4 is 29.1 Å². The first-order chi connectivity index (χ1) is 9.43. The SMILES string of the molecule is CC1(C)[C@H](C=C(Cl)Cl)[C@H]1C(=O)NCCc1ccccc1. The van der Waals surface area contributed by atoms with Crippen molar-refractivity contribution in [2.75, 3.05) is 6.54 Å². The van der Waals surface area contributed by atoms with E-state index in [-0.39, 0.29) is 27.6 Å². The Bertz CT molecular complexity index is 506. The molecule has 0 saturated heterocycles. The van der Waals surface area contributed by atoms with Crippen molar-refractivity contribution < 1.29 is 4.79 Å². The zero-order valence-corrected chi connectivity index (χ0v) is 13.2. The molecule has 0 unspecified atom stereocenters. The number of nitrogens with one attached hydrogen (secondary N) is 1. The van der Waals surface area contributed by atoms with Crippen LogP contribution in [0.25, 0.3) is 0 Å². The van der Waals surface area contributed by atoms with Crippen molar-refractivity contribution in [2.45, 2.75) is 20.3 Å². The van der Waals surface area contributed by atoms with Gasteiger partial charge in [-0.2, -0.15) is 0 Å². The number of carbonyl (C=O) groups excluding carboxylic acids is 1. The van der Waals surface area contributed by atoms with Crippen LogP contribution in [0.2, 0.25) is 0 Å². The van der Waals surface area contributed by atoms with E-state index in [4.69, 9.17) is 23.2 Å². The Balaban J connectivity index is 1.83. The number of amides is 1. The van der Waals surface area contributed by atoms with Gasteiger partial charge in [0.15, 0.2) is 0 Å². The van der Waals surface area contributed by atoms with Gasteiger partial charge < -0.3 is 5.32 Å². The summed E-state index contributed by atoms with van der Waals surface area (Å²) in [6.07, 6.45) is 2.61. The van der Waals surface area contributed by atoms with Crippen LogP contribution in [0.3, 0.4) is 0 Å². The van der Waals surface area contributed by atoms with Gasteiger partial charge in [-0.25, -0.2) is 0 Å². The Morgan fingerprint density at radius 2 is 1.95 bits per heavy atom. The number of hydrogen-bond donors (Lipinski definition) is 1. The third-order valence-electron chi connectivity index (χ3n) is 4.05. The third kappa shape index (κ3) is 3.56. The van der Waals surface area contributed by atoms with E-state index in [0.29, 0.717) is 6.54 Å². The lowest BCUT2D eigenvalue weighted by atomic mass is 10.1. The highest BCUT2D eigenvalue weighted by Gasteiger charge is 2.60. The van der Waals surface area contributed by atoms with Crippen LogP contribution in [-0.4, -0.2) is 12.5 Å². The predicted octanol–water partition coefficient (Wildman–Crippen LogP) is 3.94. The molecule has 108 valence electrons. The molecule has 0 radical (unpaired) electrons. The Hall–Kier alpha value is -0.990. The fraction of sp³-hybridized carbons (Fsp3) is 0.438. The smallest absolute Gasteiger partial charge is 0.224 e. The first-order valence-electron chi connectivity index (χ1n) is 6.77. The van der Waals surface area contributed by atoms with Gasteiger partial charge in [-0.05, 0) is 29.4 Å². The molecule has 0 heterocycles. The Labute approximate surface area is 130 Å². The first-order valence-corrected chi connectivity index (χ1v) is 7.53. The Morgan fingerprint density at radius 1 is 1.30 bits per heavy atom. The average molecular weight is 312 g/mol. The monoisotopic (exact) mass is 311 g/mol. The maximum Gasteiger partial charge on any atom is 0.224 e. The molecule has 1 aromatic rings. The molecule has 1 aliphatic rings. The lowest BCUT2D eigenvalue weighted by Crippen LogP contribution is -2.28. The summed E-state index contributed by atoms with van der Waals surface area (Å²) in [6.45, 7) is 4.78. The number of halogens is 2. The summed E-state index contributed by atoms with van der Waals surface area (Å²) in [5.74, 6) is 0.178. The zero-order valence-electron chi connectivity index (χ0n) is 11.7. The Kier molecular flexibility index (Phi) is 4.77. The van der Waals surface area contributed by atoms with Crippen LogP contribution in [0.4, 0.5) is 0 Å². The summed E-state index contributed by atoms with van der Waals surface area (Å²) >= 11 is 11.4. The fourth-order valence-electron chi connectivity index (χ4n) is 2.71. The summed E-state index contributed by atoms with van der Waals surface area (Å²) in [5.41, 5.74) is 1.16. The van der Waals surface area contributed by atoms with Gasteiger partial charge in [0, 0.05) is 6.54 Å². The second-order valence-corrected chi connectivity index (χ2v) is 6.82. The molecule has 20 heavy (non-hydrogen) atoms. The lowest BCUT2D eigenvalue weighted by molar-refractivity contribution is -0.123. The van der Waals surface area contributed by atoms with Gasteiger partial charge in [0.25, 0.3) is 0 Å². The molecule has 1 amide bonds. The number of carbonyl (C=O) groups is 1. The topological polar surface area (TPSA) is 29.1 Å². The van der Waals surface area contributed by atoms with Crippen molar-refractivity contribution in [3.05, 3.63) is 46.5 Å². The van der Waals surface area contributed by atoms with Crippen LogP contribution < -0.4 is 5.32 Å². The van der Waals surface area contributed by atoms with Gasteiger partial charge in [-0.15, -0.1) is 0 Å². The maximum absolute atomic E-state index is 12.2. The van der Waals surface area contributed by atoms with Gasteiger partial charge in [0.2, 0.25) is 5.91 Å². The number of benzene rings is 1. The minimum absolute atomic E-state index is 0.0363. The van der Waals surface area contributed by atoms with E-state index in [1.165, 1.54) is 5.56 Å². The second kappa shape index (κ2) is 6.19. The number of allylic oxidation sites excluding steroid dienone is 1. The normalized spacial score (nSPS) is 23.0. The van der Waals surface area contributed by atoms with Crippen LogP contribution in [0.5, 0.6) is 0 Å². The van der Waals surface area contributed by atoms with Crippen LogP contribution in [0, 0.1) is 17.3 Å². The third-order valence-corrected chi connectivity index (χ3v) is 4.31. The molecule has 2 nitrogen and oxygen atoms in total. The Morgan fingerprint density at radius 3 is 2.55 bits per heavy atom. The van der Waals surface area contributed by atoms with Crippen LogP contribution in [-0.2, 0) is 11.2 Å². The van der Waals surface area contributed by atoms with Gasteiger partial charge in [0.05, 0.1) is 5.92 Å². The molecule has 1 aromatic carbocycles. The number of rotatable bonds is 5. The second-order valence-electron chi connectivity index (χ2n) is 5.81. The molecular formula is C16H19Cl2NO. The maximum atomic E-state index is 12.2. The first kappa shape index (κ1) is 15.4. The standard InChI is InChI=1S/C16H19Cl2NO/c1-16(2)12(10-13(17)18)14(16)15(20)19-9-8-11-6-4-3-5-7-11/h3-7,10,12,14H,8-9H2,1-2H3,(H,19,20)/t12-,14+/m1/s1. The molecule has 0 aliphatic heterocycles. The molecule has 4 heteroatoms. The van der Waals surface area contributed by atoms with Crippen LogP contribution >= 0.6 is 23.2 Å². The molecule has 1 aliphatic carbocycles. The lowest BCUT2D eigenvalue weighted by Gasteiger charge is -2.06. The zero-order chi connectivity index (χ0) is 14.8. The summed E-state index contributed by atoms with van der Waals surface area (Å²) < 4.78 is 0.239. The minimum atomic E-state index is -0.0636. The van der Waals surface area contributed by atoms with E-state index in [1.54, 1.807) is 6.08 Å². The summed E-state index contributed by atoms with van der Waals surface area (Å²) in [5, 5.41) is 3.00. The van der Waals surface area contributed by atoms with E-state index in [9.17, 15) is 4.79 Å². The van der Waals surface area contributed by atoms with Crippen molar-refractivity contribution in [2.24, 2.45) is 17.3 Å². The van der Waals surface area contributed by atoms with Gasteiger partial charge in [-0.3, -0.25) is 4.79 Å². The molecule has 1 N–H and O–H groups in total. The van der Waals surface area contributed by atoms with Crippen LogP contribution in [0.1, 0.15) is 19.4 Å². The minimum Gasteiger partial charge on any atom is -0.355 e. The highest BCUT2D eigenvalue weighted by atomic mass is 35.5. The van der Waals surface area contributed by atoms with Crippen LogP contribution in [0.15, 0.2) is 40.9 Å². The van der Waals surface area contributed by atoms with Crippen molar-refractivity contribution in [3.8, 4) is 0 Å². The molecule has 1 fully saturated rings. The van der Waals surface area contributed by atoms with Crippen molar-refractivity contribution in [1.82, 2.24) is 5.32 Å². The van der Waals surface area contributed by atoms with E-state index < -0.39 is 0 Å². The van der Waals surface area contributed by atoms with E-state index in [2.05, 4.69) is 31.3 Å². The number of hydrogen-bond acceptors (Lipinski definition) is 1. The molecule has 0 bridgehead atoms. The average Bonchev–Trinajstić information content (AvgIpc) is 2.91.